The SMILES string of the molecule is CCCCOCCOCCOCCn1cc(C(C)O)cn1. The summed E-state index contributed by atoms with van der Waals surface area (Å²) in [4.78, 5) is 0. The average Bonchev–Trinajstić information content (AvgIpc) is 2.94. The van der Waals surface area contributed by atoms with Crippen LogP contribution >= 0.6 is 0 Å². The van der Waals surface area contributed by atoms with Gasteiger partial charge in [-0.2, -0.15) is 5.10 Å². The zero-order valence-corrected chi connectivity index (χ0v) is 13.2. The van der Waals surface area contributed by atoms with Gasteiger partial charge in [-0.3, -0.25) is 4.68 Å². The lowest BCUT2D eigenvalue weighted by Gasteiger charge is -2.06. The highest BCUT2D eigenvalue weighted by Crippen LogP contribution is 2.09. The van der Waals surface area contributed by atoms with Crippen molar-refractivity contribution in [1.29, 1.82) is 0 Å². The molecule has 1 heterocycles. The van der Waals surface area contributed by atoms with Crippen LogP contribution in [0.5, 0.6) is 0 Å². The van der Waals surface area contributed by atoms with Gasteiger partial charge >= 0.3 is 0 Å². The number of rotatable bonds is 13. The lowest BCUT2D eigenvalue weighted by Crippen LogP contribution is -2.12. The Morgan fingerprint density at radius 1 is 1.10 bits per heavy atom. The Hall–Kier alpha value is -0.950. The third-order valence-electron chi connectivity index (χ3n) is 2.99. The molecule has 0 fully saturated rings. The van der Waals surface area contributed by atoms with Gasteiger partial charge in [-0.1, -0.05) is 13.3 Å². The Morgan fingerprint density at radius 3 is 2.29 bits per heavy atom. The van der Waals surface area contributed by atoms with Crippen LogP contribution in [0, 0.1) is 0 Å². The standard InChI is InChI=1S/C15H28N2O4/c1-3-4-6-19-8-10-21-11-9-20-7-5-17-13-15(12-16-17)14(2)18/h12-14,18H,3-11H2,1-2H3. The summed E-state index contributed by atoms with van der Waals surface area (Å²) in [5.74, 6) is 0. The van der Waals surface area contributed by atoms with E-state index >= 15 is 0 Å². The number of aliphatic hydroxyl groups excluding tert-OH is 1. The van der Waals surface area contributed by atoms with E-state index in [4.69, 9.17) is 14.2 Å². The second-order valence-electron chi connectivity index (χ2n) is 4.90. The van der Waals surface area contributed by atoms with Crippen LogP contribution in [0.3, 0.4) is 0 Å². The van der Waals surface area contributed by atoms with Crippen LogP contribution in [0.15, 0.2) is 12.4 Å². The van der Waals surface area contributed by atoms with Crippen molar-refractivity contribution in [2.45, 2.75) is 39.3 Å². The smallest absolute Gasteiger partial charge is 0.0792 e. The molecule has 0 aliphatic rings. The van der Waals surface area contributed by atoms with E-state index in [1.165, 1.54) is 0 Å². The first kappa shape index (κ1) is 18.1. The number of ether oxygens (including phenoxy) is 3. The third-order valence-corrected chi connectivity index (χ3v) is 2.99. The van der Waals surface area contributed by atoms with Crippen molar-refractivity contribution in [1.82, 2.24) is 9.78 Å². The molecule has 0 aliphatic heterocycles. The van der Waals surface area contributed by atoms with Crippen molar-refractivity contribution in [3.05, 3.63) is 18.0 Å². The summed E-state index contributed by atoms with van der Waals surface area (Å²) in [5, 5.41) is 13.5. The number of aromatic nitrogens is 2. The van der Waals surface area contributed by atoms with Gasteiger partial charge in [-0.05, 0) is 13.3 Å². The molecule has 0 bridgehead atoms. The maximum Gasteiger partial charge on any atom is 0.0792 e. The van der Waals surface area contributed by atoms with Crippen molar-refractivity contribution in [2.75, 3.05) is 39.6 Å². The molecule has 1 aromatic heterocycles. The van der Waals surface area contributed by atoms with Crippen molar-refractivity contribution in [2.24, 2.45) is 0 Å². The van der Waals surface area contributed by atoms with E-state index in [-0.39, 0.29) is 0 Å². The van der Waals surface area contributed by atoms with E-state index in [1.807, 2.05) is 6.20 Å². The van der Waals surface area contributed by atoms with Gasteiger partial charge in [0.15, 0.2) is 0 Å². The highest BCUT2D eigenvalue weighted by molar-refractivity contribution is 5.06. The van der Waals surface area contributed by atoms with Gasteiger partial charge < -0.3 is 19.3 Å². The second-order valence-corrected chi connectivity index (χ2v) is 4.90. The molecule has 0 amide bonds. The first-order valence-electron chi connectivity index (χ1n) is 7.67. The van der Waals surface area contributed by atoms with Gasteiger partial charge in [0.05, 0.1) is 51.9 Å². The maximum absolute atomic E-state index is 9.39. The summed E-state index contributed by atoms with van der Waals surface area (Å²) < 4.78 is 18.0. The van der Waals surface area contributed by atoms with E-state index in [2.05, 4.69) is 12.0 Å². The summed E-state index contributed by atoms with van der Waals surface area (Å²) in [7, 11) is 0. The van der Waals surface area contributed by atoms with Crippen LogP contribution < -0.4 is 0 Å². The predicted molar refractivity (Wildman–Crippen MR) is 80.2 cm³/mol. The monoisotopic (exact) mass is 300 g/mol. The van der Waals surface area contributed by atoms with Gasteiger partial charge in [-0.15, -0.1) is 0 Å². The molecule has 1 aromatic rings. The van der Waals surface area contributed by atoms with Crippen LogP contribution in [-0.2, 0) is 20.8 Å². The highest BCUT2D eigenvalue weighted by atomic mass is 16.5. The minimum atomic E-state index is -0.479. The summed E-state index contributed by atoms with van der Waals surface area (Å²) in [5.41, 5.74) is 0.821. The fraction of sp³-hybridized carbons (Fsp3) is 0.800. The quantitative estimate of drug-likeness (QED) is 0.563. The zero-order valence-electron chi connectivity index (χ0n) is 13.2. The first-order chi connectivity index (χ1) is 10.2. The highest BCUT2D eigenvalue weighted by Gasteiger charge is 2.03. The Bertz CT molecular complexity index is 355. The van der Waals surface area contributed by atoms with Crippen LogP contribution in [0.4, 0.5) is 0 Å². The summed E-state index contributed by atoms with van der Waals surface area (Å²) in [6.07, 6.45) is 5.29. The Morgan fingerprint density at radius 2 is 1.71 bits per heavy atom. The Labute approximate surface area is 127 Å². The Balaban J connectivity index is 1.88. The maximum atomic E-state index is 9.39. The normalized spacial score (nSPS) is 12.7. The average molecular weight is 300 g/mol. The number of nitrogens with zero attached hydrogens (tertiary/aromatic N) is 2. The molecular weight excluding hydrogens is 272 g/mol. The predicted octanol–water partition coefficient (Wildman–Crippen LogP) is 1.79. The second kappa shape index (κ2) is 11.7. The molecule has 6 nitrogen and oxygen atoms in total. The lowest BCUT2D eigenvalue weighted by molar-refractivity contribution is 0.0123. The molecule has 6 heteroatoms. The van der Waals surface area contributed by atoms with Crippen LogP contribution in [-0.4, -0.2) is 54.5 Å². The molecule has 1 rings (SSSR count). The van der Waals surface area contributed by atoms with E-state index < -0.39 is 6.10 Å². The summed E-state index contributed by atoms with van der Waals surface area (Å²) >= 11 is 0. The third kappa shape index (κ3) is 8.83. The molecule has 0 radical (unpaired) electrons. The fourth-order valence-electron chi connectivity index (χ4n) is 1.66. The topological polar surface area (TPSA) is 65.7 Å². The summed E-state index contributed by atoms with van der Waals surface area (Å²) in [6, 6.07) is 0. The van der Waals surface area contributed by atoms with Gasteiger partial charge in [0, 0.05) is 18.4 Å². The van der Waals surface area contributed by atoms with E-state index in [1.54, 1.807) is 17.8 Å². The van der Waals surface area contributed by atoms with Crippen LogP contribution in [0.25, 0.3) is 0 Å². The summed E-state index contributed by atoms with van der Waals surface area (Å²) in [6.45, 7) is 8.35. The number of unbranched alkanes of at least 4 members (excludes halogenated alkanes) is 1. The molecule has 1 unspecified atom stereocenters. The van der Waals surface area contributed by atoms with Crippen molar-refractivity contribution < 1.29 is 19.3 Å². The lowest BCUT2D eigenvalue weighted by atomic mass is 10.2. The minimum absolute atomic E-state index is 0.479. The van der Waals surface area contributed by atoms with E-state index in [0.717, 1.165) is 25.0 Å². The molecule has 1 atom stereocenters. The van der Waals surface area contributed by atoms with Crippen LogP contribution in [0.2, 0.25) is 0 Å². The molecule has 21 heavy (non-hydrogen) atoms. The first-order valence-corrected chi connectivity index (χ1v) is 7.67. The molecular formula is C15H28N2O4. The number of hydrogen-bond donors (Lipinski definition) is 1. The van der Waals surface area contributed by atoms with Crippen molar-refractivity contribution in [3.8, 4) is 0 Å². The zero-order chi connectivity index (χ0) is 15.3. The molecule has 1 N–H and O–H groups in total. The number of aliphatic hydroxyl groups is 1. The Kier molecular flexibility index (Phi) is 10.1. The van der Waals surface area contributed by atoms with Crippen molar-refractivity contribution >= 4 is 0 Å². The van der Waals surface area contributed by atoms with E-state index in [9.17, 15) is 5.11 Å². The van der Waals surface area contributed by atoms with Crippen molar-refractivity contribution in [3.63, 3.8) is 0 Å². The molecule has 0 aliphatic carbocycles. The van der Waals surface area contributed by atoms with E-state index in [0.29, 0.717) is 39.6 Å². The molecule has 122 valence electrons. The molecule has 0 aromatic carbocycles. The number of hydrogen-bond acceptors (Lipinski definition) is 5. The minimum Gasteiger partial charge on any atom is -0.389 e. The van der Waals surface area contributed by atoms with Gasteiger partial charge in [0.1, 0.15) is 0 Å². The molecule has 0 spiro atoms. The van der Waals surface area contributed by atoms with Gasteiger partial charge in [0.2, 0.25) is 0 Å². The largest absolute Gasteiger partial charge is 0.389 e. The van der Waals surface area contributed by atoms with Gasteiger partial charge in [-0.25, -0.2) is 0 Å². The van der Waals surface area contributed by atoms with Gasteiger partial charge in [0.25, 0.3) is 0 Å². The molecule has 0 saturated heterocycles. The fourth-order valence-corrected chi connectivity index (χ4v) is 1.66. The van der Waals surface area contributed by atoms with Crippen LogP contribution in [0.1, 0.15) is 38.4 Å². The molecule has 0 saturated carbocycles.